The fraction of sp³-hybridized carbons (Fsp3) is 0. The maximum Gasteiger partial charge on any atom is 0.323 e. The number of amides is 3. The number of halogens is 1. The number of para-hydroxylation sites is 1. The van der Waals surface area contributed by atoms with E-state index in [2.05, 4.69) is 16.0 Å². The summed E-state index contributed by atoms with van der Waals surface area (Å²) in [5.41, 5.74) is 1.97. The number of carbonyl (C=O) groups excluding carboxylic acids is 2. The van der Waals surface area contributed by atoms with Gasteiger partial charge in [-0.05, 0) is 54.1 Å². The van der Waals surface area contributed by atoms with Crippen molar-refractivity contribution in [1.82, 2.24) is 0 Å². The van der Waals surface area contributed by atoms with Gasteiger partial charge < -0.3 is 16.0 Å². The predicted molar refractivity (Wildman–Crippen MR) is 121 cm³/mol. The van der Waals surface area contributed by atoms with Gasteiger partial charge in [0.2, 0.25) is 5.91 Å². The Morgan fingerprint density at radius 3 is 2.03 bits per heavy atom. The SMILES string of the molecule is O=C(/C=C/c1ccc(Cl)c([N+](=O)[O-])c1)Nc1ccc(NC(=O)Nc2ccccc2)cc1. The highest BCUT2D eigenvalue weighted by molar-refractivity contribution is 6.32. The molecule has 3 aromatic carbocycles. The lowest BCUT2D eigenvalue weighted by Crippen LogP contribution is -2.19. The molecule has 0 spiro atoms. The molecular formula is C22H17ClN4O4. The molecule has 3 aromatic rings. The molecule has 0 aliphatic heterocycles. The molecule has 0 aliphatic rings. The van der Waals surface area contributed by atoms with Crippen LogP contribution < -0.4 is 16.0 Å². The van der Waals surface area contributed by atoms with Gasteiger partial charge in [0, 0.05) is 29.2 Å². The number of benzene rings is 3. The third-order valence-corrected chi connectivity index (χ3v) is 4.36. The molecule has 3 N–H and O–H groups in total. The maximum atomic E-state index is 12.1. The molecule has 0 bridgehead atoms. The number of nitrogens with one attached hydrogen (secondary N) is 3. The third kappa shape index (κ3) is 6.41. The summed E-state index contributed by atoms with van der Waals surface area (Å²) in [6, 6.07) is 19.5. The Morgan fingerprint density at radius 1 is 0.839 bits per heavy atom. The standard InChI is InChI=1S/C22H17ClN4O4/c23-19-12-6-15(14-20(19)27(30)31)7-13-21(28)24-17-8-10-18(11-9-17)26-22(29)25-16-4-2-1-3-5-16/h1-14H,(H,24,28)(H2,25,26,29)/b13-7+. The third-order valence-electron chi connectivity index (χ3n) is 4.04. The minimum atomic E-state index is -0.588. The van der Waals surface area contributed by atoms with Gasteiger partial charge in [-0.1, -0.05) is 35.9 Å². The van der Waals surface area contributed by atoms with Crippen LogP contribution in [0.5, 0.6) is 0 Å². The molecule has 0 saturated carbocycles. The van der Waals surface area contributed by atoms with E-state index < -0.39 is 10.8 Å². The lowest BCUT2D eigenvalue weighted by molar-refractivity contribution is -0.384. The smallest absolute Gasteiger partial charge is 0.323 e. The molecule has 31 heavy (non-hydrogen) atoms. The Balaban J connectivity index is 1.55. The Labute approximate surface area is 182 Å². The zero-order valence-electron chi connectivity index (χ0n) is 16.0. The summed E-state index contributed by atoms with van der Waals surface area (Å²) in [6.45, 7) is 0. The van der Waals surface area contributed by atoms with Crippen molar-refractivity contribution in [3.63, 3.8) is 0 Å². The summed E-state index contributed by atoms with van der Waals surface area (Å²) in [4.78, 5) is 34.4. The number of hydrogen-bond donors (Lipinski definition) is 3. The van der Waals surface area contributed by atoms with E-state index in [1.54, 1.807) is 42.5 Å². The zero-order chi connectivity index (χ0) is 22.2. The van der Waals surface area contributed by atoms with E-state index in [-0.39, 0.29) is 16.7 Å². The van der Waals surface area contributed by atoms with Crippen LogP contribution in [-0.2, 0) is 4.79 Å². The number of urea groups is 1. The molecule has 8 nitrogen and oxygen atoms in total. The first-order valence-electron chi connectivity index (χ1n) is 9.07. The van der Waals surface area contributed by atoms with E-state index in [1.165, 1.54) is 24.3 Å². The number of carbonyl (C=O) groups is 2. The van der Waals surface area contributed by atoms with E-state index in [9.17, 15) is 19.7 Å². The molecule has 3 rings (SSSR count). The molecule has 3 amide bonds. The molecule has 0 aliphatic carbocycles. The largest absolute Gasteiger partial charge is 0.323 e. The zero-order valence-corrected chi connectivity index (χ0v) is 16.8. The Morgan fingerprint density at radius 2 is 1.42 bits per heavy atom. The summed E-state index contributed by atoms with van der Waals surface area (Å²) in [5.74, 6) is -0.417. The van der Waals surface area contributed by atoms with Crippen LogP contribution in [0, 0.1) is 10.1 Å². The van der Waals surface area contributed by atoms with E-state index in [0.717, 1.165) is 0 Å². The van der Waals surface area contributed by atoms with Crippen molar-refractivity contribution in [2.24, 2.45) is 0 Å². The van der Waals surface area contributed by atoms with Gasteiger partial charge in [-0.25, -0.2) is 4.79 Å². The van der Waals surface area contributed by atoms with Crippen molar-refractivity contribution >= 4 is 52.4 Å². The monoisotopic (exact) mass is 436 g/mol. The lowest BCUT2D eigenvalue weighted by Gasteiger charge is -2.08. The number of nitrogens with zero attached hydrogens (tertiary/aromatic N) is 1. The minimum Gasteiger partial charge on any atom is -0.323 e. The summed E-state index contributed by atoms with van der Waals surface area (Å²) < 4.78 is 0. The van der Waals surface area contributed by atoms with Crippen LogP contribution in [0.3, 0.4) is 0 Å². The Bertz CT molecular complexity index is 1130. The van der Waals surface area contributed by atoms with Crippen LogP contribution in [0.2, 0.25) is 5.02 Å². The summed E-state index contributed by atoms with van der Waals surface area (Å²) in [6.07, 6.45) is 2.70. The highest BCUT2D eigenvalue weighted by Gasteiger charge is 2.11. The van der Waals surface area contributed by atoms with Gasteiger partial charge in [-0.2, -0.15) is 0 Å². The van der Waals surface area contributed by atoms with E-state index >= 15 is 0 Å². The summed E-state index contributed by atoms with van der Waals surface area (Å²) in [5, 5.41) is 19.0. The summed E-state index contributed by atoms with van der Waals surface area (Å²) >= 11 is 5.77. The molecule has 0 atom stereocenters. The lowest BCUT2D eigenvalue weighted by atomic mass is 10.2. The molecule has 0 radical (unpaired) electrons. The van der Waals surface area contributed by atoms with Crippen LogP contribution in [0.25, 0.3) is 6.08 Å². The molecule has 0 aromatic heterocycles. The van der Waals surface area contributed by atoms with Crippen LogP contribution >= 0.6 is 11.6 Å². The van der Waals surface area contributed by atoms with Crippen LogP contribution in [-0.4, -0.2) is 16.9 Å². The van der Waals surface area contributed by atoms with Crippen molar-refractivity contribution < 1.29 is 14.5 Å². The first-order chi connectivity index (χ1) is 14.9. The second kappa shape index (κ2) is 10.0. The van der Waals surface area contributed by atoms with Gasteiger partial charge in [0.25, 0.3) is 5.69 Å². The fourth-order valence-electron chi connectivity index (χ4n) is 2.58. The second-order valence-electron chi connectivity index (χ2n) is 6.31. The molecule has 0 saturated heterocycles. The van der Waals surface area contributed by atoms with Gasteiger partial charge in [-0.3, -0.25) is 14.9 Å². The number of hydrogen-bond acceptors (Lipinski definition) is 4. The van der Waals surface area contributed by atoms with Crippen molar-refractivity contribution in [2.45, 2.75) is 0 Å². The predicted octanol–water partition coefficient (Wildman–Crippen LogP) is 5.54. The quantitative estimate of drug-likeness (QED) is 0.267. The Kier molecular flexibility index (Phi) is 6.97. The van der Waals surface area contributed by atoms with Crippen molar-refractivity contribution in [3.8, 4) is 0 Å². The highest BCUT2D eigenvalue weighted by Crippen LogP contribution is 2.25. The van der Waals surface area contributed by atoms with E-state index in [4.69, 9.17) is 11.6 Å². The average Bonchev–Trinajstić information content (AvgIpc) is 2.75. The normalized spacial score (nSPS) is 10.5. The molecule has 0 unspecified atom stereocenters. The molecule has 156 valence electrons. The van der Waals surface area contributed by atoms with Gasteiger partial charge in [-0.15, -0.1) is 0 Å². The van der Waals surface area contributed by atoms with E-state index in [1.807, 2.05) is 18.2 Å². The number of rotatable bonds is 6. The molecule has 9 heteroatoms. The molecule has 0 heterocycles. The number of anilines is 3. The van der Waals surface area contributed by atoms with Gasteiger partial charge in [0.15, 0.2) is 0 Å². The van der Waals surface area contributed by atoms with E-state index in [0.29, 0.717) is 22.6 Å². The van der Waals surface area contributed by atoms with Crippen molar-refractivity contribution in [3.05, 3.63) is 99.6 Å². The van der Waals surface area contributed by atoms with Crippen LogP contribution in [0.1, 0.15) is 5.56 Å². The first-order valence-corrected chi connectivity index (χ1v) is 9.44. The van der Waals surface area contributed by atoms with Gasteiger partial charge >= 0.3 is 6.03 Å². The molecular weight excluding hydrogens is 420 g/mol. The second-order valence-corrected chi connectivity index (χ2v) is 6.72. The number of nitro groups is 1. The van der Waals surface area contributed by atoms with Crippen LogP contribution in [0.15, 0.2) is 78.9 Å². The fourth-order valence-corrected chi connectivity index (χ4v) is 2.77. The minimum absolute atomic E-state index is 0.0257. The topological polar surface area (TPSA) is 113 Å². The average molecular weight is 437 g/mol. The highest BCUT2D eigenvalue weighted by atomic mass is 35.5. The maximum absolute atomic E-state index is 12.1. The van der Waals surface area contributed by atoms with Crippen molar-refractivity contribution in [2.75, 3.05) is 16.0 Å². The summed E-state index contributed by atoms with van der Waals surface area (Å²) in [7, 11) is 0. The van der Waals surface area contributed by atoms with Crippen molar-refractivity contribution in [1.29, 1.82) is 0 Å². The van der Waals surface area contributed by atoms with Gasteiger partial charge in [0.1, 0.15) is 5.02 Å². The van der Waals surface area contributed by atoms with Gasteiger partial charge in [0.05, 0.1) is 4.92 Å². The molecule has 0 fully saturated rings. The van der Waals surface area contributed by atoms with Crippen LogP contribution in [0.4, 0.5) is 27.5 Å². The first kappa shape index (κ1) is 21.5. The Hall–Kier alpha value is -4.17. The number of nitro benzene ring substituents is 1.